The molecule has 0 fully saturated rings. The van der Waals surface area contributed by atoms with Crippen LogP contribution in [0.1, 0.15) is 42.3 Å². The van der Waals surface area contributed by atoms with E-state index < -0.39 is 0 Å². The van der Waals surface area contributed by atoms with Gasteiger partial charge in [-0.2, -0.15) is 0 Å². The Bertz CT molecular complexity index is 416. The quantitative estimate of drug-likeness (QED) is 0.782. The molecule has 1 aromatic rings. The molecule has 0 saturated heterocycles. The summed E-state index contributed by atoms with van der Waals surface area (Å²) < 4.78 is 5.31. The van der Waals surface area contributed by atoms with Crippen LogP contribution in [-0.4, -0.2) is 17.5 Å². The van der Waals surface area contributed by atoms with Gasteiger partial charge in [0, 0.05) is 6.42 Å². The van der Waals surface area contributed by atoms with E-state index in [0.717, 1.165) is 22.0 Å². The molecule has 1 rings (SSSR count). The maximum atomic E-state index is 11.8. The van der Waals surface area contributed by atoms with Crippen molar-refractivity contribution < 1.29 is 9.53 Å². The molecule has 0 bridgehead atoms. The summed E-state index contributed by atoms with van der Waals surface area (Å²) in [4.78, 5) is 17.1. The predicted molar refractivity (Wildman–Crippen MR) is 78.0 cm³/mol. The van der Waals surface area contributed by atoms with Gasteiger partial charge in [0.1, 0.15) is 6.61 Å². The first-order chi connectivity index (χ1) is 8.92. The molecule has 0 radical (unpaired) electrons. The number of carbonyl (C=O) groups is 1. The van der Waals surface area contributed by atoms with Gasteiger partial charge in [0.15, 0.2) is 0 Å². The fourth-order valence-electron chi connectivity index (χ4n) is 2.08. The van der Waals surface area contributed by atoms with Gasteiger partial charge in [-0.25, -0.2) is 4.98 Å². The Morgan fingerprint density at radius 3 is 2.58 bits per heavy atom. The highest BCUT2D eigenvalue weighted by molar-refractivity contribution is 7.11. The van der Waals surface area contributed by atoms with Crippen molar-refractivity contribution in [2.75, 3.05) is 6.54 Å². The van der Waals surface area contributed by atoms with Crippen LogP contribution >= 0.6 is 11.3 Å². The van der Waals surface area contributed by atoms with Gasteiger partial charge in [0.2, 0.25) is 0 Å². The molecule has 2 N–H and O–H groups in total. The minimum Gasteiger partial charge on any atom is -0.460 e. The summed E-state index contributed by atoms with van der Waals surface area (Å²) >= 11 is 1.58. The lowest BCUT2D eigenvalue weighted by atomic mass is 9.94. The number of carbonyl (C=O) groups excluding carboxylic acids is 1. The molecule has 0 spiro atoms. The number of hydrogen-bond donors (Lipinski definition) is 1. The van der Waals surface area contributed by atoms with Gasteiger partial charge in [-0.3, -0.25) is 4.79 Å². The molecule has 1 heterocycles. The summed E-state index contributed by atoms with van der Waals surface area (Å²) in [7, 11) is 0. The number of ether oxygens (including phenoxy) is 1. The summed E-state index contributed by atoms with van der Waals surface area (Å²) in [5, 5.41) is 1.00. The van der Waals surface area contributed by atoms with Gasteiger partial charge in [0.05, 0.1) is 15.6 Å². The average molecular weight is 284 g/mol. The highest BCUT2D eigenvalue weighted by Gasteiger charge is 2.16. The van der Waals surface area contributed by atoms with Crippen molar-refractivity contribution in [3.63, 3.8) is 0 Å². The fraction of sp³-hybridized carbons (Fsp3) is 0.714. The Morgan fingerprint density at radius 1 is 1.42 bits per heavy atom. The van der Waals surface area contributed by atoms with Crippen molar-refractivity contribution in [1.29, 1.82) is 0 Å². The molecule has 0 aliphatic heterocycles. The van der Waals surface area contributed by atoms with Crippen LogP contribution in [0.2, 0.25) is 0 Å². The van der Waals surface area contributed by atoms with Gasteiger partial charge in [0.25, 0.3) is 0 Å². The number of thiazole rings is 1. The molecule has 0 saturated carbocycles. The second-order valence-corrected chi connectivity index (χ2v) is 6.63. The minimum absolute atomic E-state index is 0.165. The first-order valence-electron chi connectivity index (χ1n) is 6.71. The van der Waals surface area contributed by atoms with Crippen LogP contribution in [0, 0.1) is 25.7 Å². The fourth-order valence-corrected chi connectivity index (χ4v) is 2.93. The van der Waals surface area contributed by atoms with Gasteiger partial charge in [-0.15, -0.1) is 11.3 Å². The Morgan fingerprint density at radius 2 is 2.11 bits per heavy atom. The zero-order valence-corrected chi connectivity index (χ0v) is 13.0. The second kappa shape index (κ2) is 7.60. The number of hydrogen-bond acceptors (Lipinski definition) is 5. The normalized spacial score (nSPS) is 12.7. The number of nitrogens with zero attached hydrogens (tertiary/aromatic N) is 1. The van der Waals surface area contributed by atoms with E-state index in [-0.39, 0.29) is 11.9 Å². The Hall–Kier alpha value is -0.940. The van der Waals surface area contributed by atoms with Crippen molar-refractivity contribution in [1.82, 2.24) is 4.98 Å². The minimum atomic E-state index is -0.165. The number of rotatable bonds is 7. The molecule has 19 heavy (non-hydrogen) atoms. The highest BCUT2D eigenvalue weighted by atomic mass is 32.1. The van der Waals surface area contributed by atoms with Gasteiger partial charge in [-0.1, -0.05) is 13.8 Å². The van der Waals surface area contributed by atoms with Crippen LogP contribution in [0.5, 0.6) is 0 Å². The summed E-state index contributed by atoms with van der Waals surface area (Å²) in [6, 6.07) is 0. The van der Waals surface area contributed by atoms with Gasteiger partial charge < -0.3 is 10.5 Å². The molecule has 1 atom stereocenters. The summed E-state index contributed by atoms with van der Waals surface area (Å²) in [5.74, 6) is 0.603. The third-order valence-electron chi connectivity index (χ3n) is 2.96. The monoisotopic (exact) mass is 284 g/mol. The lowest BCUT2D eigenvalue weighted by Crippen LogP contribution is -2.21. The lowest BCUT2D eigenvalue weighted by Gasteiger charge is -2.15. The molecule has 1 aromatic heterocycles. The number of esters is 1. The molecule has 0 aromatic carbocycles. The lowest BCUT2D eigenvalue weighted by molar-refractivity contribution is -0.146. The van der Waals surface area contributed by atoms with Crippen LogP contribution in [0.4, 0.5) is 0 Å². The Balaban J connectivity index is 2.40. The van der Waals surface area contributed by atoms with E-state index >= 15 is 0 Å². The third-order valence-corrected chi connectivity index (χ3v) is 4.00. The van der Waals surface area contributed by atoms with Crippen LogP contribution in [0.3, 0.4) is 0 Å². The van der Waals surface area contributed by atoms with Crippen molar-refractivity contribution in [3.8, 4) is 0 Å². The number of aromatic nitrogens is 1. The van der Waals surface area contributed by atoms with Crippen LogP contribution in [0.25, 0.3) is 0 Å². The van der Waals surface area contributed by atoms with Crippen molar-refractivity contribution >= 4 is 17.3 Å². The zero-order chi connectivity index (χ0) is 14.4. The molecule has 0 amide bonds. The van der Waals surface area contributed by atoms with E-state index in [0.29, 0.717) is 25.5 Å². The highest BCUT2D eigenvalue weighted by Crippen LogP contribution is 2.19. The van der Waals surface area contributed by atoms with E-state index in [1.807, 2.05) is 13.8 Å². The molecule has 5 heteroatoms. The molecule has 0 unspecified atom stereocenters. The summed E-state index contributed by atoms with van der Waals surface area (Å²) in [6.07, 6.45) is 1.37. The largest absolute Gasteiger partial charge is 0.460 e. The maximum Gasteiger partial charge on any atom is 0.306 e. The van der Waals surface area contributed by atoms with Crippen molar-refractivity contribution in [2.45, 2.75) is 47.1 Å². The topological polar surface area (TPSA) is 65.2 Å². The molecule has 0 aliphatic rings. The summed E-state index contributed by atoms with van der Waals surface area (Å²) in [6.45, 7) is 9.03. The van der Waals surface area contributed by atoms with Crippen LogP contribution in [0.15, 0.2) is 0 Å². The van der Waals surface area contributed by atoms with E-state index in [9.17, 15) is 4.79 Å². The molecular formula is C14H24N2O2S. The molecule has 0 aliphatic carbocycles. The van der Waals surface area contributed by atoms with Gasteiger partial charge >= 0.3 is 5.97 Å². The third kappa shape index (κ3) is 5.70. The van der Waals surface area contributed by atoms with E-state index in [2.05, 4.69) is 18.8 Å². The second-order valence-electron chi connectivity index (χ2n) is 5.34. The first-order valence-corrected chi connectivity index (χ1v) is 7.52. The standard InChI is InChI=1S/C14H24N2O2S/c1-9(2)5-12(7-15)6-14(17)18-8-13-10(3)16-11(4)19-13/h9,12H,5-8,15H2,1-4H3/t12-/m0/s1. The number of nitrogens with two attached hydrogens (primary N) is 1. The first kappa shape index (κ1) is 16.1. The van der Waals surface area contributed by atoms with Crippen LogP contribution in [-0.2, 0) is 16.1 Å². The SMILES string of the molecule is Cc1nc(C)c(COC(=O)C[C@@H](CN)CC(C)C)s1. The molecular weight excluding hydrogens is 260 g/mol. The van der Waals surface area contributed by atoms with E-state index in [1.54, 1.807) is 11.3 Å². The van der Waals surface area contributed by atoms with E-state index in [4.69, 9.17) is 10.5 Å². The van der Waals surface area contributed by atoms with Crippen molar-refractivity contribution in [3.05, 3.63) is 15.6 Å². The average Bonchev–Trinajstić information content (AvgIpc) is 2.63. The Labute approximate surface area is 119 Å². The summed E-state index contributed by atoms with van der Waals surface area (Å²) in [5.41, 5.74) is 6.64. The van der Waals surface area contributed by atoms with E-state index in [1.165, 1.54) is 0 Å². The van der Waals surface area contributed by atoms with Crippen molar-refractivity contribution in [2.24, 2.45) is 17.6 Å². The zero-order valence-electron chi connectivity index (χ0n) is 12.2. The molecule has 108 valence electrons. The maximum absolute atomic E-state index is 11.8. The Kier molecular flexibility index (Phi) is 6.45. The number of aryl methyl sites for hydroxylation is 2. The van der Waals surface area contributed by atoms with Crippen LogP contribution < -0.4 is 5.73 Å². The smallest absolute Gasteiger partial charge is 0.306 e. The predicted octanol–water partition coefficient (Wildman–Crippen LogP) is 2.81. The molecule has 4 nitrogen and oxygen atoms in total. The van der Waals surface area contributed by atoms with Gasteiger partial charge in [-0.05, 0) is 38.6 Å².